The van der Waals surface area contributed by atoms with Gasteiger partial charge in [0, 0.05) is 71.6 Å². The van der Waals surface area contributed by atoms with E-state index < -0.39 is 0 Å². The Labute approximate surface area is 239 Å². The average Bonchev–Trinajstić information content (AvgIpc) is 3.33. The molecule has 40 heavy (non-hydrogen) atoms. The van der Waals surface area contributed by atoms with Crippen molar-refractivity contribution in [3.05, 3.63) is 94.8 Å². The number of amides is 1. The van der Waals surface area contributed by atoms with E-state index in [0.29, 0.717) is 12.3 Å². The molecule has 4 heterocycles. The fourth-order valence-electron chi connectivity index (χ4n) is 4.71. The topological polar surface area (TPSA) is 73.3 Å². The zero-order valence-electron chi connectivity index (χ0n) is 24.9. The minimum atomic E-state index is -0.0834. The summed E-state index contributed by atoms with van der Waals surface area (Å²) in [5.41, 5.74) is 8.21. The lowest BCUT2D eigenvalue weighted by molar-refractivity contribution is -0.0775. The van der Waals surface area contributed by atoms with Crippen LogP contribution >= 0.6 is 0 Å². The van der Waals surface area contributed by atoms with Crippen molar-refractivity contribution in [3.63, 3.8) is 0 Å². The number of hydrogen-bond acceptors (Lipinski definition) is 7. The standard InChI is InChI=1S/C30H38N6O2.C2H6/c1-22(18-23(2)29(9-13-31-3)36-17-12-27-26(21-38-36)8-14-32-27)20-35-15-10-24(11-16-35)25-6-7-28(33-19-25)30(37)34(4)5;1-2/h6-7,9-10,12-13,17-19,32H,2,8,11,14-16,20-21H2,1,3-5H3;1-2H3/b22-18+,29-9+,31-13?;. The van der Waals surface area contributed by atoms with Gasteiger partial charge < -0.3 is 10.2 Å². The maximum atomic E-state index is 12.1. The number of nitrogens with one attached hydrogen (secondary N) is 1. The van der Waals surface area contributed by atoms with Gasteiger partial charge in [0.1, 0.15) is 5.69 Å². The van der Waals surface area contributed by atoms with Gasteiger partial charge in [0.25, 0.3) is 5.91 Å². The maximum absolute atomic E-state index is 12.1. The van der Waals surface area contributed by atoms with Crippen molar-refractivity contribution in [2.45, 2.75) is 33.6 Å². The number of aliphatic imine (C=N–C) groups is 1. The van der Waals surface area contributed by atoms with E-state index in [0.717, 1.165) is 61.6 Å². The van der Waals surface area contributed by atoms with Crippen LogP contribution in [0.4, 0.5) is 0 Å². The number of hydroxylamine groups is 2. The van der Waals surface area contributed by atoms with Gasteiger partial charge in [-0.15, -0.1) is 0 Å². The summed E-state index contributed by atoms with van der Waals surface area (Å²) in [4.78, 5) is 30.7. The molecule has 8 nitrogen and oxygen atoms in total. The smallest absolute Gasteiger partial charge is 0.271 e. The van der Waals surface area contributed by atoms with Crippen molar-refractivity contribution in [1.82, 2.24) is 25.2 Å². The minimum Gasteiger partial charge on any atom is -0.385 e. The molecule has 1 aromatic rings. The van der Waals surface area contributed by atoms with Crippen LogP contribution in [0.25, 0.3) is 5.57 Å². The lowest BCUT2D eigenvalue weighted by atomic mass is 10.00. The average molecular weight is 545 g/mol. The van der Waals surface area contributed by atoms with Gasteiger partial charge in [0.15, 0.2) is 0 Å². The van der Waals surface area contributed by atoms with E-state index in [4.69, 9.17) is 4.84 Å². The van der Waals surface area contributed by atoms with Crippen LogP contribution in [0.15, 0.2) is 88.5 Å². The zero-order valence-corrected chi connectivity index (χ0v) is 24.9. The highest BCUT2D eigenvalue weighted by Crippen LogP contribution is 2.26. The van der Waals surface area contributed by atoms with E-state index in [2.05, 4.69) is 51.9 Å². The molecule has 0 radical (unpaired) electrons. The number of aromatic nitrogens is 1. The summed E-state index contributed by atoms with van der Waals surface area (Å²) >= 11 is 0. The quantitative estimate of drug-likeness (QED) is 0.367. The van der Waals surface area contributed by atoms with Crippen LogP contribution in [0.3, 0.4) is 0 Å². The van der Waals surface area contributed by atoms with Gasteiger partial charge in [-0.05, 0) is 60.3 Å². The third kappa shape index (κ3) is 8.13. The fourth-order valence-corrected chi connectivity index (χ4v) is 4.71. The van der Waals surface area contributed by atoms with Crippen molar-refractivity contribution in [1.29, 1.82) is 0 Å². The molecular formula is C32H44N6O2. The number of carbonyl (C=O) groups is 1. The van der Waals surface area contributed by atoms with E-state index >= 15 is 0 Å². The van der Waals surface area contributed by atoms with Gasteiger partial charge in [0.05, 0.1) is 12.3 Å². The van der Waals surface area contributed by atoms with E-state index in [-0.39, 0.29) is 5.91 Å². The summed E-state index contributed by atoms with van der Waals surface area (Å²) < 4.78 is 0. The van der Waals surface area contributed by atoms with Crippen LogP contribution in [-0.4, -0.2) is 85.9 Å². The van der Waals surface area contributed by atoms with Crippen LogP contribution in [0.5, 0.6) is 0 Å². The highest BCUT2D eigenvalue weighted by molar-refractivity contribution is 5.92. The first kappa shape index (κ1) is 30.8. The summed E-state index contributed by atoms with van der Waals surface area (Å²) in [5.74, 6) is -0.0834. The van der Waals surface area contributed by atoms with Gasteiger partial charge in [-0.3, -0.25) is 24.5 Å². The molecule has 0 aromatic carbocycles. The number of hydrogen-bond donors (Lipinski definition) is 1. The van der Waals surface area contributed by atoms with Crippen LogP contribution in [0.2, 0.25) is 0 Å². The molecule has 1 N–H and O–H groups in total. The molecule has 0 bridgehead atoms. The van der Waals surface area contributed by atoms with Gasteiger partial charge in [-0.25, -0.2) is 5.06 Å². The Kier molecular flexibility index (Phi) is 11.7. The molecule has 214 valence electrons. The molecule has 3 aliphatic rings. The summed E-state index contributed by atoms with van der Waals surface area (Å²) in [6.07, 6.45) is 15.8. The third-order valence-electron chi connectivity index (χ3n) is 6.77. The lowest BCUT2D eigenvalue weighted by Gasteiger charge is -2.27. The normalized spacial score (nSPS) is 18.1. The molecule has 0 saturated carbocycles. The second-order valence-electron chi connectivity index (χ2n) is 9.93. The Hall–Kier alpha value is -3.75. The highest BCUT2D eigenvalue weighted by atomic mass is 16.7. The van der Waals surface area contributed by atoms with Crippen LogP contribution in [0, 0.1) is 0 Å². The first-order chi connectivity index (χ1) is 19.4. The van der Waals surface area contributed by atoms with Crippen LogP contribution in [0.1, 0.15) is 49.7 Å². The summed E-state index contributed by atoms with van der Waals surface area (Å²) in [6, 6.07) is 3.80. The Bertz CT molecular complexity index is 1230. The molecule has 1 aromatic heterocycles. The molecule has 8 heteroatoms. The van der Waals surface area contributed by atoms with Crippen LogP contribution < -0.4 is 5.32 Å². The van der Waals surface area contributed by atoms with E-state index in [1.54, 1.807) is 44.7 Å². The van der Waals surface area contributed by atoms with Crippen molar-refractivity contribution in [3.8, 4) is 0 Å². The number of rotatable bonds is 8. The lowest BCUT2D eigenvalue weighted by Crippen LogP contribution is -2.30. The summed E-state index contributed by atoms with van der Waals surface area (Å²) in [6.45, 7) is 14.7. The number of allylic oxidation sites excluding steroid dienone is 3. The molecule has 0 spiro atoms. The van der Waals surface area contributed by atoms with Crippen molar-refractivity contribution in [2.24, 2.45) is 4.99 Å². The molecule has 1 amide bonds. The molecule has 4 rings (SSSR count). The molecular weight excluding hydrogens is 500 g/mol. The molecule has 0 saturated heterocycles. The first-order valence-corrected chi connectivity index (χ1v) is 14.0. The maximum Gasteiger partial charge on any atom is 0.271 e. The van der Waals surface area contributed by atoms with Crippen molar-refractivity contribution >= 4 is 17.7 Å². The number of carbonyl (C=O) groups excluding carboxylic acids is 1. The zero-order chi connectivity index (χ0) is 29.1. The largest absolute Gasteiger partial charge is 0.385 e. The second-order valence-corrected chi connectivity index (χ2v) is 9.93. The predicted octanol–water partition coefficient (Wildman–Crippen LogP) is 4.99. The van der Waals surface area contributed by atoms with Gasteiger partial charge in [-0.2, -0.15) is 0 Å². The Morgan fingerprint density at radius 1 is 1.27 bits per heavy atom. The highest BCUT2D eigenvalue weighted by Gasteiger charge is 2.20. The summed E-state index contributed by atoms with van der Waals surface area (Å²) in [7, 11) is 5.22. The monoisotopic (exact) mass is 544 g/mol. The molecule has 3 aliphatic heterocycles. The number of nitrogens with zero attached hydrogens (tertiary/aromatic N) is 5. The fraction of sp³-hybridized carbons (Fsp3) is 0.406. The molecule has 0 fully saturated rings. The van der Waals surface area contributed by atoms with E-state index in [1.807, 2.05) is 32.2 Å². The van der Waals surface area contributed by atoms with E-state index in [9.17, 15) is 4.79 Å². The van der Waals surface area contributed by atoms with Gasteiger partial charge >= 0.3 is 0 Å². The van der Waals surface area contributed by atoms with Gasteiger partial charge in [0.2, 0.25) is 0 Å². The van der Waals surface area contributed by atoms with Crippen molar-refractivity contribution < 1.29 is 9.63 Å². The van der Waals surface area contributed by atoms with Crippen molar-refractivity contribution in [2.75, 3.05) is 53.9 Å². The Morgan fingerprint density at radius 2 is 2.08 bits per heavy atom. The predicted molar refractivity (Wildman–Crippen MR) is 165 cm³/mol. The second kappa shape index (κ2) is 15.1. The first-order valence-electron chi connectivity index (χ1n) is 14.0. The molecule has 0 atom stereocenters. The van der Waals surface area contributed by atoms with Crippen LogP contribution in [-0.2, 0) is 4.84 Å². The molecule has 0 aliphatic carbocycles. The number of pyridine rings is 1. The van der Waals surface area contributed by atoms with Gasteiger partial charge in [-0.1, -0.05) is 44.2 Å². The Balaban J connectivity index is 0.00000216. The SMILES string of the molecule is C=C(/C=C(\C)CN1CC=C(c2ccc(C(=O)N(C)C)nc2)CC1)/C(=C\C=NC)N1C=CC2=C(CCN2)CO1.CC. The Morgan fingerprint density at radius 3 is 2.73 bits per heavy atom. The van der Waals surface area contributed by atoms with E-state index in [1.165, 1.54) is 21.6 Å². The minimum absolute atomic E-state index is 0.0834. The third-order valence-corrected chi connectivity index (χ3v) is 6.77. The summed E-state index contributed by atoms with van der Waals surface area (Å²) in [5, 5.41) is 5.20. The molecule has 0 unspecified atom stereocenters.